The van der Waals surface area contributed by atoms with Crippen LogP contribution in [0, 0.1) is 4.77 Å². The highest BCUT2D eigenvalue weighted by Crippen LogP contribution is 2.31. The van der Waals surface area contributed by atoms with E-state index in [1.807, 2.05) is 39.1 Å². The molecular formula is C21H27N5O4S2. The molecule has 0 radical (unpaired) electrons. The van der Waals surface area contributed by atoms with Gasteiger partial charge in [0, 0.05) is 25.8 Å². The number of hydrogen-bond acceptors (Lipinski definition) is 7. The molecule has 0 aliphatic carbocycles. The Labute approximate surface area is 192 Å². The Morgan fingerprint density at radius 2 is 1.81 bits per heavy atom. The summed E-state index contributed by atoms with van der Waals surface area (Å²) in [5.41, 5.74) is 1.68. The number of ether oxygens (including phenoxy) is 2. The van der Waals surface area contributed by atoms with Crippen LogP contribution in [0.25, 0.3) is 5.65 Å². The van der Waals surface area contributed by atoms with Gasteiger partial charge in [-0.1, -0.05) is 19.9 Å². The van der Waals surface area contributed by atoms with Crippen molar-refractivity contribution in [3.05, 3.63) is 46.9 Å². The van der Waals surface area contributed by atoms with Crippen molar-refractivity contribution in [3.63, 3.8) is 0 Å². The number of hydrogen-bond donors (Lipinski definition) is 0. The third kappa shape index (κ3) is 4.38. The monoisotopic (exact) mass is 477 g/mol. The number of nitrogens with zero attached hydrogens (tertiary/aromatic N) is 5. The van der Waals surface area contributed by atoms with Gasteiger partial charge in [-0.05, 0) is 49.1 Å². The second kappa shape index (κ2) is 9.18. The smallest absolute Gasteiger partial charge is 0.244 e. The SMILES string of the molecule is CCN(CC)S(=O)(=O)c1ccc2nn(CN(C)Cc3ccc4c(c3)OCCO4)c(=S)n2c1. The molecule has 1 aromatic carbocycles. The first-order chi connectivity index (χ1) is 15.3. The highest BCUT2D eigenvalue weighted by Gasteiger charge is 2.22. The lowest BCUT2D eigenvalue weighted by atomic mass is 10.2. The van der Waals surface area contributed by atoms with Crippen LogP contribution in [-0.4, -0.2) is 65.2 Å². The summed E-state index contributed by atoms with van der Waals surface area (Å²) in [6.07, 6.45) is 1.55. The zero-order valence-corrected chi connectivity index (χ0v) is 20.0. The summed E-state index contributed by atoms with van der Waals surface area (Å²) in [6.45, 7) is 6.69. The van der Waals surface area contributed by atoms with Crippen LogP contribution >= 0.6 is 12.2 Å². The van der Waals surface area contributed by atoms with Gasteiger partial charge in [-0.15, -0.1) is 0 Å². The molecule has 3 heterocycles. The minimum atomic E-state index is -3.57. The summed E-state index contributed by atoms with van der Waals surface area (Å²) in [5.74, 6) is 1.52. The molecule has 0 saturated heterocycles. The van der Waals surface area contributed by atoms with E-state index in [2.05, 4.69) is 10.00 Å². The first-order valence-corrected chi connectivity index (χ1v) is 12.3. The van der Waals surface area contributed by atoms with E-state index < -0.39 is 10.0 Å². The number of aromatic nitrogens is 3. The molecule has 1 aliphatic rings. The van der Waals surface area contributed by atoms with Gasteiger partial charge >= 0.3 is 0 Å². The lowest BCUT2D eigenvalue weighted by Gasteiger charge is -2.21. The van der Waals surface area contributed by atoms with Crippen molar-refractivity contribution in [1.82, 2.24) is 23.4 Å². The van der Waals surface area contributed by atoms with Gasteiger partial charge in [0.25, 0.3) is 0 Å². The molecule has 32 heavy (non-hydrogen) atoms. The zero-order valence-electron chi connectivity index (χ0n) is 18.4. The van der Waals surface area contributed by atoms with Gasteiger partial charge in [0.05, 0.1) is 11.6 Å². The van der Waals surface area contributed by atoms with Gasteiger partial charge in [0.2, 0.25) is 14.8 Å². The average Bonchev–Trinajstić information content (AvgIpc) is 3.09. The molecule has 11 heteroatoms. The first kappa shape index (κ1) is 22.7. The molecule has 4 rings (SSSR count). The lowest BCUT2D eigenvalue weighted by molar-refractivity contribution is 0.171. The fraction of sp³-hybridized carbons (Fsp3) is 0.429. The summed E-state index contributed by atoms with van der Waals surface area (Å²) in [5, 5.41) is 4.55. The predicted octanol–water partition coefficient (Wildman–Crippen LogP) is 2.76. The molecule has 0 bridgehead atoms. The summed E-state index contributed by atoms with van der Waals surface area (Å²) >= 11 is 5.59. The van der Waals surface area contributed by atoms with Crippen LogP contribution in [0.2, 0.25) is 0 Å². The maximum Gasteiger partial charge on any atom is 0.244 e. The molecule has 0 N–H and O–H groups in total. The minimum absolute atomic E-state index is 0.203. The lowest BCUT2D eigenvalue weighted by Crippen LogP contribution is -2.30. The Balaban J connectivity index is 1.55. The number of benzene rings is 1. The molecule has 9 nitrogen and oxygen atoms in total. The van der Waals surface area contributed by atoms with Gasteiger partial charge in [-0.2, -0.15) is 9.40 Å². The Hall–Kier alpha value is -2.47. The predicted molar refractivity (Wildman–Crippen MR) is 123 cm³/mol. The summed E-state index contributed by atoms with van der Waals surface area (Å²) in [7, 11) is -1.60. The Morgan fingerprint density at radius 1 is 1.09 bits per heavy atom. The second-order valence-electron chi connectivity index (χ2n) is 7.60. The van der Waals surface area contributed by atoms with Crippen LogP contribution in [0.5, 0.6) is 11.5 Å². The van der Waals surface area contributed by atoms with E-state index in [9.17, 15) is 8.42 Å². The van der Waals surface area contributed by atoms with Crippen molar-refractivity contribution in [2.75, 3.05) is 33.4 Å². The molecule has 172 valence electrons. The first-order valence-electron chi connectivity index (χ1n) is 10.5. The van der Waals surface area contributed by atoms with Crippen LogP contribution in [-0.2, 0) is 23.2 Å². The number of pyridine rings is 1. The second-order valence-corrected chi connectivity index (χ2v) is 9.90. The highest BCUT2D eigenvalue weighted by molar-refractivity contribution is 7.89. The Kier molecular flexibility index (Phi) is 6.52. The average molecular weight is 478 g/mol. The molecule has 2 aromatic heterocycles. The van der Waals surface area contributed by atoms with Crippen LogP contribution in [0.3, 0.4) is 0 Å². The highest BCUT2D eigenvalue weighted by atomic mass is 32.2. The van der Waals surface area contributed by atoms with Crippen molar-refractivity contribution in [1.29, 1.82) is 0 Å². The topological polar surface area (TPSA) is 81.3 Å². The molecule has 0 fully saturated rings. The largest absolute Gasteiger partial charge is 0.486 e. The molecular weight excluding hydrogens is 450 g/mol. The van der Waals surface area contributed by atoms with Crippen molar-refractivity contribution in [3.8, 4) is 11.5 Å². The van der Waals surface area contributed by atoms with Gasteiger partial charge in [0.1, 0.15) is 13.2 Å². The minimum Gasteiger partial charge on any atom is -0.486 e. The summed E-state index contributed by atoms with van der Waals surface area (Å²) in [4.78, 5) is 2.27. The van der Waals surface area contributed by atoms with E-state index in [-0.39, 0.29) is 4.90 Å². The van der Waals surface area contributed by atoms with E-state index in [1.165, 1.54) is 4.31 Å². The molecule has 0 saturated carbocycles. The van der Waals surface area contributed by atoms with Crippen LogP contribution in [0.1, 0.15) is 19.4 Å². The standard InChI is InChI=1S/C21H27N5O4S2/c1-4-24(5-2)32(27,28)17-7-9-20-22-26(21(31)25(20)14-17)15-23(3)13-16-6-8-18-19(12-16)30-11-10-29-18/h6-9,12,14H,4-5,10-11,13,15H2,1-3H3. The molecule has 0 atom stereocenters. The number of sulfonamides is 1. The van der Waals surface area contributed by atoms with Gasteiger partial charge in [-0.3, -0.25) is 9.30 Å². The maximum atomic E-state index is 12.9. The zero-order chi connectivity index (χ0) is 22.9. The van der Waals surface area contributed by atoms with Crippen molar-refractivity contribution in [2.24, 2.45) is 0 Å². The van der Waals surface area contributed by atoms with E-state index in [1.54, 1.807) is 27.4 Å². The third-order valence-electron chi connectivity index (χ3n) is 5.33. The van der Waals surface area contributed by atoms with Crippen molar-refractivity contribution in [2.45, 2.75) is 32.0 Å². The van der Waals surface area contributed by atoms with Gasteiger partial charge < -0.3 is 9.47 Å². The van der Waals surface area contributed by atoms with Crippen LogP contribution in [0.15, 0.2) is 41.4 Å². The Bertz CT molecular complexity index is 1280. The fourth-order valence-corrected chi connectivity index (χ4v) is 5.43. The molecule has 0 amide bonds. The number of rotatable bonds is 8. The molecule has 3 aromatic rings. The summed E-state index contributed by atoms with van der Waals surface area (Å²) in [6, 6.07) is 9.18. The van der Waals surface area contributed by atoms with Crippen molar-refractivity contribution >= 4 is 27.9 Å². The normalized spacial score (nSPS) is 13.9. The van der Waals surface area contributed by atoms with Crippen LogP contribution < -0.4 is 9.47 Å². The van der Waals surface area contributed by atoms with Crippen molar-refractivity contribution < 1.29 is 17.9 Å². The maximum absolute atomic E-state index is 12.9. The summed E-state index contributed by atoms with van der Waals surface area (Å²) < 4.78 is 42.2. The van der Waals surface area contributed by atoms with Crippen LogP contribution in [0.4, 0.5) is 0 Å². The number of fused-ring (bicyclic) bond motifs is 2. The van der Waals surface area contributed by atoms with E-state index >= 15 is 0 Å². The molecule has 0 unspecified atom stereocenters. The molecule has 1 aliphatic heterocycles. The fourth-order valence-electron chi connectivity index (χ4n) is 3.73. The third-order valence-corrected chi connectivity index (χ3v) is 7.77. The van der Waals surface area contributed by atoms with Gasteiger partial charge in [0.15, 0.2) is 17.1 Å². The van der Waals surface area contributed by atoms with E-state index in [0.29, 0.717) is 49.9 Å². The van der Waals surface area contributed by atoms with E-state index in [4.69, 9.17) is 21.7 Å². The van der Waals surface area contributed by atoms with Gasteiger partial charge in [-0.25, -0.2) is 13.1 Å². The quantitative estimate of drug-likeness (QED) is 0.462. The molecule has 0 spiro atoms. The van der Waals surface area contributed by atoms with E-state index in [0.717, 1.165) is 17.1 Å². The Morgan fingerprint density at radius 3 is 2.53 bits per heavy atom.